The zero-order valence-electron chi connectivity index (χ0n) is 15.4. The van der Waals surface area contributed by atoms with Crippen LogP contribution in [0.5, 0.6) is 0 Å². The Labute approximate surface area is 159 Å². The number of aliphatic hydroxyl groups is 1. The summed E-state index contributed by atoms with van der Waals surface area (Å²) in [5.74, 6) is 0.0105. The molecule has 1 spiro atoms. The number of amides is 1. The molecule has 1 amide bonds. The van der Waals surface area contributed by atoms with Gasteiger partial charge in [-0.05, 0) is 62.7 Å². The Morgan fingerprint density at radius 2 is 2.00 bits per heavy atom. The van der Waals surface area contributed by atoms with Crippen LogP contribution >= 0.6 is 11.6 Å². The fourth-order valence-corrected chi connectivity index (χ4v) is 4.45. The maximum absolute atomic E-state index is 14.4. The Balaban J connectivity index is 1.61. The van der Waals surface area contributed by atoms with Crippen molar-refractivity contribution in [3.63, 3.8) is 0 Å². The van der Waals surface area contributed by atoms with Crippen LogP contribution in [-0.2, 0) is 11.3 Å². The van der Waals surface area contributed by atoms with Crippen molar-refractivity contribution in [1.82, 2.24) is 9.80 Å². The van der Waals surface area contributed by atoms with Crippen LogP contribution in [0.25, 0.3) is 0 Å². The zero-order valence-corrected chi connectivity index (χ0v) is 16.2. The van der Waals surface area contributed by atoms with Gasteiger partial charge >= 0.3 is 0 Å². The summed E-state index contributed by atoms with van der Waals surface area (Å²) >= 11 is 6.22. The van der Waals surface area contributed by atoms with Gasteiger partial charge in [-0.3, -0.25) is 9.69 Å². The maximum atomic E-state index is 14.4. The SMILES string of the molecule is Cc1ccc(Cl)c(CN2CCC3(CCC(=O)N(CCCO)C3)CC2)c1F. The van der Waals surface area contributed by atoms with E-state index in [0.717, 1.165) is 38.9 Å². The molecule has 2 saturated heterocycles. The van der Waals surface area contributed by atoms with E-state index in [-0.39, 0.29) is 23.7 Å². The van der Waals surface area contributed by atoms with Gasteiger partial charge < -0.3 is 10.0 Å². The Morgan fingerprint density at radius 3 is 2.69 bits per heavy atom. The topological polar surface area (TPSA) is 43.8 Å². The number of aliphatic hydroxyl groups excluding tert-OH is 1. The number of likely N-dealkylation sites (tertiary alicyclic amines) is 2. The number of rotatable bonds is 5. The smallest absolute Gasteiger partial charge is 0.222 e. The first-order chi connectivity index (χ1) is 12.4. The van der Waals surface area contributed by atoms with E-state index < -0.39 is 0 Å². The van der Waals surface area contributed by atoms with Crippen LogP contribution in [0.15, 0.2) is 12.1 Å². The first kappa shape index (κ1) is 19.6. The number of hydrogen-bond donors (Lipinski definition) is 1. The van der Waals surface area contributed by atoms with Crippen LogP contribution in [0, 0.1) is 18.2 Å². The average molecular weight is 383 g/mol. The van der Waals surface area contributed by atoms with Crippen LogP contribution in [0.1, 0.15) is 43.2 Å². The lowest BCUT2D eigenvalue weighted by atomic mass is 9.72. The van der Waals surface area contributed by atoms with Crippen molar-refractivity contribution in [3.8, 4) is 0 Å². The van der Waals surface area contributed by atoms with Crippen LogP contribution < -0.4 is 0 Å². The van der Waals surface area contributed by atoms with Crippen molar-refractivity contribution in [3.05, 3.63) is 34.1 Å². The molecule has 1 aromatic rings. The van der Waals surface area contributed by atoms with Crippen molar-refractivity contribution in [2.75, 3.05) is 32.8 Å². The number of piperidine rings is 2. The predicted octanol–water partition coefficient (Wildman–Crippen LogP) is 3.37. The maximum Gasteiger partial charge on any atom is 0.222 e. The summed E-state index contributed by atoms with van der Waals surface area (Å²) in [6.07, 6.45) is 4.21. The van der Waals surface area contributed by atoms with Crippen LogP contribution in [0.2, 0.25) is 5.02 Å². The molecule has 2 fully saturated rings. The molecule has 0 aliphatic carbocycles. The quantitative estimate of drug-likeness (QED) is 0.849. The number of nitrogens with zero attached hydrogens (tertiary/aromatic N) is 2. The van der Waals surface area contributed by atoms with Gasteiger partial charge in [0.1, 0.15) is 5.82 Å². The summed E-state index contributed by atoms with van der Waals surface area (Å²) in [5.41, 5.74) is 1.39. The molecule has 4 nitrogen and oxygen atoms in total. The van der Waals surface area contributed by atoms with Crippen molar-refractivity contribution in [2.45, 2.75) is 45.6 Å². The minimum atomic E-state index is -0.198. The van der Waals surface area contributed by atoms with Crippen molar-refractivity contribution >= 4 is 17.5 Å². The third-order valence-corrected chi connectivity index (χ3v) is 6.37. The normalized spacial score (nSPS) is 20.8. The molecule has 26 heavy (non-hydrogen) atoms. The predicted molar refractivity (Wildman–Crippen MR) is 101 cm³/mol. The average Bonchev–Trinajstić information content (AvgIpc) is 2.64. The number of benzene rings is 1. The molecule has 0 unspecified atom stereocenters. The Bertz CT molecular complexity index is 659. The number of hydrogen-bond acceptors (Lipinski definition) is 3. The number of aryl methyl sites for hydroxylation is 1. The monoisotopic (exact) mass is 382 g/mol. The first-order valence-corrected chi connectivity index (χ1v) is 9.86. The summed E-state index contributed by atoms with van der Waals surface area (Å²) in [5, 5.41) is 9.53. The van der Waals surface area contributed by atoms with Crippen molar-refractivity contribution < 1.29 is 14.3 Å². The number of carbonyl (C=O) groups excluding carboxylic acids is 1. The van der Waals surface area contributed by atoms with Gasteiger partial charge in [0.2, 0.25) is 5.91 Å². The molecular weight excluding hydrogens is 355 g/mol. The molecule has 0 aromatic heterocycles. The van der Waals surface area contributed by atoms with E-state index in [2.05, 4.69) is 4.90 Å². The Kier molecular flexibility index (Phi) is 6.21. The third-order valence-electron chi connectivity index (χ3n) is 6.01. The second kappa shape index (κ2) is 8.24. The van der Waals surface area contributed by atoms with E-state index in [1.165, 1.54) is 0 Å². The van der Waals surface area contributed by atoms with Gasteiger partial charge in [-0.25, -0.2) is 4.39 Å². The highest BCUT2D eigenvalue weighted by molar-refractivity contribution is 6.31. The highest BCUT2D eigenvalue weighted by Crippen LogP contribution is 2.40. The molecule has 2 aliphatic heterocycles. The van der Waals surface area contributed by atoms with E-state index in [1.54, 1.807) is 19.1 Å². The van der Waals surface area contributed by atoms with Gasteiger partial charge in [0.25, 0.3) is 0 Å². The molecule has 2 heterocycles. The molecule has 0 saturated carbocycles. The van der Waals surface area contributed by atoms with Crippen LogP contribution in [0.4, 0.5) is 4.39 Å². The lowest BCUT2D eigenvalue weighted by Gasteiger charge is -2.47. The molecule has 0 radical (unpaired) electrons. The summed E-state index contributed by atoms with van der Waals surface area (Å²) < 4.78 is 14.4. The second-order valence-corrected chi connectivity index (χ2v) is 8.23. The molecule has 6 heteroatoms. The van der Waals surface area contributed by atoms with Crippen molar-refractivity contribution in [1.29, 1.82) is 0 Å². The molecule has 3 rings (SSSR count). The molecule has 1 aromatic carbocycles. The van der Waals surface area contributed by atoms with Crippen LogP contribution in [-0.4, -0.2) is 53.6 Å². The van der Waals surface area contributed by atoms with E-state index >= 15 is 0 Å². The summed E-state index contributed by atoms with van der Waals surface area (Å²) in [6, 6.07) is 3.49. The van der Waals surface area contributed by atoms with E-state index in [1.807, 2.05) is 4.90 Å². The van der Waals surface area contributed by atoms with Gasteiger partial charge in [-0.15, -0.1) is 0 Å². The number of halogens is 2. The molecule has 144 valence electrons. The first-order valence-electron chi connectivity index (χ1n) is 9.49. The summed E-state index contributed by atoms with van der Waals surface area (Å²) in [6.45, 7) is 5.64. The zero-order chi connectivity index (χ0) is 18.7. The highest BCUT2D eigenvalue weighted by Gasteiger charge is 2.40. The fourth-order valence-electron chi connectivity index (χ4n) is 4.24. The second-order valence-electron chi connectivity index (χ2n) is 7.83. The Morgan fingerprint density at radius 1 is 1.27 bits per heavy atom. The van der Waals surface area contributed by atoms with Gasteiger partial charge in [0.05, 0.1) is 0 Å². The lowest BCUT2D eigenvalue weighted by Crippen LogP contribution is -2.51. The summed E-state index contributed by atoms with van der Waals surface area (Å²) in [4.78, 5) is 16.3. The molecule has 0 bridgehead atoms. The van der Waals surface area contributed by atoms with Gasteiger partial charge in [-0.2, -0.15) is 0 Å². The van der Waals surface area contributed by atoms with Gasteiger partial charge in [-0.1, -0.05) is 17.7 Å². The number of carbonyl (C=O) groups is 1. The largest absolute Gasteiger partial charge is 0.396 e. The highest BCUT2D eigenvalue weighted by atomic mass is 35.5. The Hall–Kier alpha value is -1.17. The van der Waals surface area contributed by atoms with E-state index in [4.69, 9.17) is 16.7 Å². The molecule has 2 aliphatic rings. The lowest BCUT2D eigenvalue weighted by molar-refractivity contribution is -0.139. The minimum Gasteiger partial charge on any atom is -0.396 e. The molecule has 0 atom stereocenters. The molecule has 1 N–H and O–H groups in total. The van der Waals surface area contributed by atoms with Gasteiger partial charge in [0.15, 0.2) is 0 Å². The minimum absolute atomic E-state index is 0.118. The van der Waals surface area contributed by atoms with Crippen molar-refractivity contribution in [2.24, 2.45) is 5.41 Å². The van der Waals surface area contributed by atoms with Gasteiger partial charge in [0, 0.05) is 43.2 Å². The third kappa shape index (κ3) is 4.21. The standard InChI is InChI=1S/C20H28ClFN2O2/c1-15-3-4-17(21)16(19(15)22)13-23-10-7-20(8-11-23)6-5-18(26)24(14-20)9-2-12-25/h3-4,25H,2,5-14H2,1H3. The van der Waals surface area contributed by atoms with Crippen LogP contribution in [0.3, 0.4) is 0 Å². The van der Waals surface area contributed by atoms with E-state index in [0.29, 0.717) is 42.1 Å². The molecular formula is C20H28ClFN2O2. The fraction of sp³-hybridized carbons (Fsp3) is 0.650. The van der Waals surface area contributed by atoms with E-state index in [9.17, 15) is 9.18 Å². The summed E-state index contributed by atoms with van der Waals surface area (Å²) in [7, 11) is 0.